The van der Waals surface area contributed by atoms with E-state index in [4.69, 9.17) is 5.11 Å². The lowest BCUT2D eigenvalue weighted by molar-refractivity contribution is -0.134. The molecule has 4 nitrogen and oxygen atoms in total. The minimum absolute atomic E-state index is 0.213. The topological polar surface area (TPSA) is 62.2 Å². The fourth-order valence-corrected chi connectivity index (χ4v) is 1.46. The molecule has 16 heavy (non-hydrogen) atoms. The van der Waals surface area contributed by atoms with Crippen LogP contribution >= 0.6 is 0 Å². The number of halogens is 1. The van der Waals surface area contributed by atoms with E-state index in [2.05, 4.69) is 10.3 Å². The molecule has 2 aromatic rings. The van der Waals surface area contributed by atoms with Gasteiger partial charge < -0.3 is 10.4 Å². The van der Waals surface area contributed by atoms with E-state index in [9.17, 15) is 9.18 Å². The second-order valence-electron chi connectivity index (χ2n) is 3.24. The standard InChI is InChI=1S/C11H9FN2O2/c12-8-3-1-2-7-9(14-6-10(15)16)4-5-13-11(7)8/h1-5H,6H2,(H,13,14)(H,15,16). The molecule has 0 saturated heterocycles. The maximum Gasteiger partial charge on any atom is 0.322 e. The Balaban J connectivity index is 2.45. The van der Waals surface area contributed by atoms with E-state index in [-0.39, 0.29) is 12.1 Å². The number of nitrogens with zero attached hydrogens (tertiary/aromatic N) is 1. The molecule has 0 aliphatic rings. The number of carboxylic acid groups (broad SMARTS) is 1. The van der Waals surface area contributed by atoms with Gasteiger partial charge in [0.2, 0.25) is 0 Å². The molecule has 5 heteroatoms. The molecule has 82 valence electrons. The van der Waals surface area contributed by atoms with Crippen molar-refractivity contribution >= 4 is 22.6 Å². The van der Waals surface area contributed by atoms with Crippen LogP contribution in [0.2, 0.25) is 0 Å². The van der Waals surface area contributed by atoms with Crippen molar-refractivity contribution in [1.29, 1.82) is 0 Å². The van der Waals surface area contributed by atoms with Gasteiger partial charge in [0, 0.05) is 17.3 Å². The molecule has 0 atom stereocenters. The number of nitrogens with one attached hydrogen (secondary N) is 1. The number of para-hydroxylation sites is 1. The Labute approximate surface area is 90.7 Å². The van der Waals surface area contributed by atoms with Gasteiger partial charge in [-0.25, -0.2) is 4.39 Å². The van der Waals surface area contributed by atoms with Crippen LogP contribution < -0.4 is 5.32 Å². The maximum atomic E-state index is 13.4. The van der Waals surface area contributed by atoms with E-state index < -0.39 is 11.8 Å². The monoisotopic (exact) mass is 220 g/mol. The summed E-state index contributed by atoms with van der Waals surface area (Å²) in [5.41, 5.74) is 0.796. The molecule has 0 unspecified atom stereocenters. The van der Waals surface area contributed by atoms with Crippen molar-refractivity contribution < 1.29 is 14.3 Å². The maximum absolute atomic E-state index is 13.4. The summed E-state index contributed by atoms with van der Waals surface area (Å²) in [6.45, 7) is -0.213. The van der Waals surface area contributed by atoms with E-state index in [1.807, 2.05) is 0 Å². The third-order valence-corrected chi connectivity index (χ3v) is 2.15. The average molecular weight is 220 g/mol. The fraction of sp³-hybridized carbons (Fsp3) is 0.0909. The van der Waals surface area contributed by atoms with Crippen LogP contribution in [0.4, 0.5) is 10.1 Å². The number of fused-ring (bicyclic) bond motifs is 1. The molecular formula is C11H9FN2O2. The highest BCUT2D eigenvalue weighted by atomic mass is 19.1. The van der Waals surface area contributed by atoms with Gasteiger partial charge in [0.05, 0.1) is 0 Å². The first-order chi connectivity index (χ1) is 7.68. The summed E-state index contributed by atoms with van der Waals surface area (Å²) in [6.07, 6.45) is 1.44. The minimum atomic E-state index is -0.971. The summed E-state index contributed by atoms with van der Waals surface area (Å²) in [4.78, 5) is 14.3. The molecule has 0 saturated carbocycles. The third kappa shape index (κ3) is 1.93. The van der Waals surface area contributed by atoms with Crippen molar-refractivity contribution in [3.05, 3.63) is 36.3 Å². The highest BCUT2D eigenvalue weighted by molar-refractivity contribution is 5.92. The van der Waals surface area contributed by atoms with Gasteiger partial charge >= 0.3 is 5.97 Å². The first-order valence-corrected chi connectivity index (χ1v) is 4.67. The number of aromatic nitrogens is 1. The molecule has 0 spiro atoms. The molecule has 2 N–H and O–H groups in total. The Kier molecular flexibility index (Phi) is 2.68. The number of aliphatic carboxylic acids is 1. The zero-order chi connectivity index (χ0) is 11.5. The van der Waals surface area contributed by atoms with Crippen LogP contribution in [-0.4, -0.2) is 22.6 Å². The molecule has 0 aliphatic heterocycles. The SMILES string of the molecule is O=C(O)CNc1ccnc2c(F)cccc12. The Hall–Kier alpha value is -2.17. The van der Waals surface area contributed by atoms with Gasteiger partial charge in [-0.1, -0.05) is 12.1 Å². The first-order valence-electron chi connectivity index (χ1n) is 4.67. The lowest BCUT2D eigenvalue weighted by Gasteiger charge is -2.07. The van der Waals surface area contributed by atoms with Crippen LogP contribution in [-0.2, 0) is 4.79 Å². The van der Waals surface area contributed by atoms with Gasteiger partial charge in [-0.2, -0.15) is 0 Å². The quantitative estimate of drug-likeness (QED) is 0.828. The number of benzene rings is 1. The second-order valence-corrected chi connectivity index (χ2v) is 3.24. The van der Waals surface area contributed by atoms with E-state index >= 15 is 0 Å². The van der Waals surface area contributed by atoms with Crippen molar-refractivity contribution in [2.24, 2.45) is 0 Å². The molecule has 2 rings (SSSR count). The van der Waals surface area contributed by atoms with Crippen molar-refractivity contribution in [2.75, 3.05) is 11.9 Å². The molecule has 1 heterocycles. The predicted molar refractivity (Wildman–Crippen MR) is 57.8 cm³/mol. The molecule has 1 aromatic heterocycles. The zero-order valence-corrected chi connectivity index (χ0v) is 8.27. The number of hydrogen-bond donors (Lipinski definition) is 2. The van der Waals surface area contributed by atoms with Crippen molar-refractivity contribution in [3.8, 4) is 0 Å². The van der Waals surface area contributed by atoms with Crippen LogP contribution in [0.5, 0.6) is 0 Å². The lowest BCUT2D eigenvalue weighted by Crippen LogP contribution is -2.12. The second kappa shape index (κ2) is 4.14. The van der Waals surface area contributed by atoms with Crippen LogP contribution in [0.25, 0.3) is 10.9 Å². The van der Waals surface area contributed by atoms with Crippen LogP contribution in [0.1, 0.15) is 0 Å². The van der Waals surface area contributed by atoms with E-state index in [1.54, 1.807) is 18.2 Å². The summed E-state index contributed by atoms with van der Waals surface area (Å²) in [5, 5.41) is 11.8. The minimum Gasteiger partial charge on any atom is -0.480 e. The Bertz CT molecular complexity index is 542. The number of carbonyl (C=O) groups is 1. The van der Waals surface area contributed by atoms with Gasteiger partial charge in [0.25, 0.3) is 0 Å². The predicted octanol–water partition coefficient (Wildman–Crippen LogP) is 1.87. The zero-order valence-electron chi connectivity index (χ0n) is 8.27. The normalized spacial score (nSPS) is 10.3. The van der Waals surface area contributed by atoms with Gasteiger partial charge in [-0.05, 0) is 12.1 Å². The first kappa shape index (κ1) is 10.4. The Morgan fingerprint density at radius 2 is 2.25 bits per heavy atom. The highest BCUT2D eigenvalue weighted by Crippen LogP contribution is 2.22. The molecule has 0 aliphatic carbocycles. The summed E-state index contributed by atoms with van der Waals surface area (Å²) in [6, 6.07) is 6.18. The molecular weight excluding hydrogens is 211 g/mol. The van der Waals surface area contributed by atoms with E-state index in [0.29, 0.717) is 11.1 Å². The van der Waals surface area contributed by atoms with Crippen LogP contribution in [0, 0.1) is 5.82 Å². The largest absolute Gasteiger partial charge is 0.480 e. The number of anilines is 1. The van der Waals surface area contributed by atoms with Crippen molar-refractivity contribution in [3.63, 3.8) is 0 Å². The Morgan fingerprint density at radius 3 is 3.00 bits per heavy atom. The van der Waals surface area contributed by atoms with Gasteiger partial charge in [0.15, 0.2) is 0 Å². The van der Waals surface area contributed by atoms with Crippen LogP contribution in [0.15, 0.2) is 30.5 Å². The molecule has 0 bridgehead atoms. The lowest BCUT2D eigenvalue weighted by atomic mass is 10.2. The van der Waals surface area contributed by atoms with Crippen molar-refractivity contribution in [2.45, 2.75) is 0 Å². The van der Waals surface area contributed by atoms with Crippen molar-refractivity contribution in [1.82, 2.24) is 4.98 Å². The molecule has 0 amide bonds. The summed E-state index contributed by atoms with van der Waals surface area (Å²) < 4.78 is 13.4. The average Bonchev–Trinajstić information content (AvgIpc) is 2.27. The number of carboxylic acids is 1. The van der Waals surface area contributed by atoms with E-state index in [1.165, 1.54) is 12.3 Å². The van der Waals surface area contributed by atoms with E-state index in [0.717, 1.165) is 0 Å². The number of pyridine rings is 1. The number of hydrogen-bond acceptors (Lipinski definition) is 3. The smallest absolute Gasteiger partial charge is 0.322 e. The highest BCUT2D eigenvalue weighted by Gasteiger charge is 2.06. The molecule has 1 aromatic carbocycles. The summed E-state index contributed by atoms with van der Waals surface area (Å²) in [5.74, 6) is -1.39. The Morgan fingerprint density at radius 1 is 1.44 bits per heavy atom. The van der Waals surface area contributed by atoms with Gasteiger partial charge in [-0.3, -0.25) is 9.78 Å². The van der Waals surface area contributed by atoms with Gasteiger partial charge in [-0.15, -0.1) is 0 Å². The summed E-state index contributed by atoms with van der Waals surface area (Å²) in [7, 11) is 0. The summed E-state index contributed by atoms with van der Waals surface area (Å²) >= 11 is 0. The fourth-order valence-electron chi connectivity index (χ4n) is 1.46. The molecule has 0 radical (unpaired) electrons. The number of rotatable bonds is 3. The van der Waals surface area contributed by atoms with Gasteiger partial charge in [0.1, 0.15) is 17.9 Å². The molecule has 0 fully saturated rings. The third-order valence-electron chi connectivity index (χ3n) is 2.15. The van der Waals surface area contributed by atoms with Crippen LogP contribution in [0.3, 0.4) is 0 Å².